The zero-order valence-electron chi connectivity index (χ0n) is 19.5. The predicted molar refractivity (Wildman–Crippen MR) is 132 cm³/mol. The summed E-state index contributed by atoms with van der Waals surface area (Å²) in [5, 5.41) is 15.3. The van der Waals surface area contributed by atoms with E-state index in [1.54, 1.807) is 34.4 Å². The van der Waals surface area contributed by atoms with Gasteiger partial charge in [-0.1, -0.05) is 6.08 Å². The highest BCUT2D eigenvalue weighted by Gasteiger charge is 2.35. The fraction of sp³-hybridized carbons (Fsp3) is 0.200. The molecule has 2 aliphatic rings. The Hall–Kier alpha value is -4.67. The van der Waals surface area contributed by atoms with Gasteiger partial charge in [-0.15, -0.1) is 0 Å². The van der Waals surface area contributed by atoms with Crippen molar-refractivity contribution in [1.82, 2.24) is 30.0 Å². The largest absolute Gasteiger partial charge is 0.489 e. The van der Waals surface area contributed by atoms with Gasteiger partial charge in [-0.25, -0.2) is 9.37 Å². The number of anilines is 1. The first-order valence-electron chi connectivity index (χ1n) is 11.3. The Morgan fingerprint density at radius 3 is 2.94 bits per heavy atom. The molecule has 1 unspecified atom stereocenters. The number of nitrogens with two attached hydrogens (primary N) is 1. The average Bonchev–Trinajstić information content (AvgIpc) is 3.53. The van der Waals surface area contributed by atoms with E-state index in [9.17, 15) is 9.18 Å². The molecule has 0 saturated heterocycles. The average molecular weight is 489 g/mol. The van der Waals surface area contributed by atoms with Crippen LogP contribution in [0.3, 0.4) is 0 Å². The first kappa shape index (κ1) is 23.1. The number of hydrogen-bond acceptors (Lipinski definition) is 7. The molecule has 0 aliphatic carbocycles. The SMILES string of the molecule is Cn1cc(C2=CN/C(=C(\C=N)C(=O)N3CCc4[nH]cnc4C3COc3ccc(F)cc3N)C=C2)cn1. The van der Waals surface area contributed by atoms with Gasteiger partial charge in [0.1, 0.15) is 24.2 Å². The highest BCUT2D eigenvalue weighted by Crippen LogP contribution is 2.31. The Morgan fingerprint density at radius 2 is 2.25 bits per heavy atom. The fourth-order valence-electron chi connectivity index (χ4n) is 4.34. The normalized spacial score (nSPS) is 18.2. The summed E-state index contributed by atoms with van der Waals surface area (Å²) in [7, 11) is 1.84. The molecule has 2 aliphatic heterocycles. The Labute approximate surface area is 206 Å². The Balaban J connectivity index is 1.40. The number of benzene rings is 1. The van der Waals surface area contributed by atoms with Crippen LogP contribution < -0.4 is 15.8 Å². The van der Waals surface area contributed by atoms with E-state index < -0.39 is 11.9 Å². The minimum absolute atomic E-state index is 0.0639. The van der Waals surface area contributed by atoms with Crippen molar-refractivity contribution < 1.29 is 13.9 Å². The van der Waals surface area contributed by atoms with Crippen LogP contribution >= 0.6 is 0 Å². The molecule has 184 valence electrons. The molecule has 4 heterocycles. The van der Waals surface area contributed by atoms with Gasteiger partial charge in [-0.2, -0.15) is 5.10 Å². The van der Waals surface area contributed by atoms with E-state index in [-0.39, 0.29) is 23.8 Å². The summed E-state index contributed by atoms with van der Waals surface area (Å²) in [4.78, 5) is 22.9. The van der Waals surface area contributed by atoms with Crippen LogP contribution in [0, 0.1) is 11.2 Å². The topological polar surface area (TPSA) is 138 Å². The number of aryl methyl sites for hydroxylation is 1. The maximum absolute atomic E-state index is 13.7. The fourth-order valence-corrected chi connectivity index (χ4v) is 4.34. The van der Waals surface area contributed by atoms with Gasteiger partial charge >= 0.3 is 0 Å². The van der Waals surface area contributed by atoms with Crippen LogP contribution in [0.2, 0.25) is 0 Å². The summed E-state index contributed by atoms with van der Waals surface area (Å²) in [6.07, 6.45) is 12.3. The highest BCUT2D eigenvalue weighted by molar-refractivity contribution is 6.12. The predicted octanol–water partition coefficient (Wildman–Crippen LogP) is 2.47. The summed E-state index contributed by atoms with van der Waals surface area (Å²) in [5.41, 5.74) is 10.2. The molecule has 1 aromatic carbocycles. The second-order valence-corrected chi connectivity index (χ2v) is 8.48. The lowest BCUT2D eigenvalue weighted by atomic mass is 10.0. The van der Waals surface area contributed by atoms with Gasteiger partial charge in [0.25, 0.3) is 5.91 Å². The van der Waals surface area contributed by atoms with E-state index in [0.717, 1.165) is 23.0 Å². The van der Waals surface area contributed by atoms with Crippen molar-refractivity contribution in [2.45, 2.75) is 12.5 Å². The van der Waals surface area contributed by atoms with Crippen LogP contribution in [0.1, 0.15) is 23.0 Å². The molecule has 0 radical (unpaired) electrons. The molecule has 5 N–H and O–H groups in total. The van der Waals surface area contributed by atoms with Crippen molar-refractivity contribution in [3.05, 3.63) is 89.3 Å². The highest BCUT2D eigenvalue weighted by atomic mass is 19.1. The second kappa shape index (κ2) is 9.53. The number of aromatic nitrogens is 4. The molecular formula is C25H25FN8O2. The number of carbonyl (C=O) groups excluding carboxylic acids is 1. The lowest BCUT2D eigenvalue weighted by Gasteiger charge is -2.35. The first-order valence-corrected chi connectivity index (χ1v) is 11.3. The summed E-state index contributed by atoms with van der Waals surface area (Å²) < 4.78 is 21.1. The smallest absolute Gasteiger partial charge is 0.258 e. The maximum atomic E-state index is 13.7. The molecule has 2 aromatic heterocycles. The summed E-state index contributed by atoms with van der Waals surface area (Å²) in [6, 6.07) is 3.38. The van der Waals surface area contributed by atoms with Gasteiger partial charge in [-0.3, -0.25) is 9.48 Å². The van der Waals surface area contributed by atoms with E-state index in [1.165, 1.54) is 18.2 Å². The Bertz CT molecular complexity index is 1420. The Kier molecular flexibility index (Phi) is 6.11. The monoisotopic (exact) mass is 488 g/mol. The number of dihydropyridines is 1. The number of rotatable bonds is 6. The van der Waals surface area contributed by atoms with Crippen molar-refractivity contribution in [3.8, 4) is 5.75 Å². The summed E-state index contributed by atoms with van der Waals surface area (Å²) in [6.45, 7) is 0.473. The standard InChI is InChI=1S/C25H25FN8O2/c1-33-12-16(11-32-33)15-2-4-20(29-10-15)18(9-27)25(35)34-7-6-21-24(31-14-30-21)22(34)13-36-23-5-3-17(26)8-19(23)28/h2-5,8-12,14,22,27,29H,6-7,13,28H2,1H3,(H,30,31)/b20-18+,27-9?. The molecule has 1 atom stereocenters. The molecule has 0 bridgehead atoms. The number of nitrogens with one attached hydrogen (secondary N) is 3. The number of H-pyrrole nitrogens is 1. The number of hydrogen-bond donors (Lipinski definition) is 4. The van der Waals surface area contributed by atoms with Crippen LogP contribution in [0.25, 0.3) is 5.57 Å². The molecule has 11 heteroatoms. The number of amides is 1. The van der Waals surface area contributed by atoms with Crippen molar-refractivity contribution >= 4 is 23.4 Å². The lowest BCUT2D eigenvalue weighted by Crippen LogP contribution is -2.44. The van der Waals surface area contributed by atoms with Gasteiger partial charge in [0.15, 0.2) is 0 Å². The van der Waals surface area contributed by atoms with Crippen LogP contribution in [0.15, 0.2) is 66.5 Å². The van der Waals surface area contributed by atoms with E-state index in [4.69, 9.17) is 15.9 Å². The Morgan fingerprint density at radius 1 is 1.39 bits per heavy atom. The van der Waals surface area contributed by atoms with E-state index in [2.05, 4.69) is 20.4 Å². The van der Waals surface area contributed by atoms with Gasteiger partial charge in [-0.05, 0) is 18.2 Å². The third-order valence-corrected chi connectivity index (χ3v) is 6.19. The lowest BCUT2D eigenvalue weighted by molar-refractivity contribution is -0.130. The molecule has 1 amide bonds. The van der Waals surface area contributed by atoms with Crippen molar-refractivity contribution in [1.29, 1.82) is 5.41 Å². The number of fused-ring (bicyclic) bond motifs is 1. The third-order valence-electron chi connectivity index (χ3n) is 6.19. The van der Waals surface area contributed by atoms with E-state index in [0.29, 0.717) is 30.1 Å². The van der Waals surface area contributed by atoms with Crippen LogP contribution in [-0.2, 0) is 18.3 Å². The molecule has 0 spiro atoms. The molecule has 0 saturated carbocycles. The number of allylic oxidation sites excluding steroid dienone is 3. The van der Waals surface area contributed by atoms with Gasteiger partial charge in [0, 0.05) is 61.5 Å². The van der Waals surface area contributed by atoms with Crippen molar-refractivity contribution in [3.63, 3.8) is 0 Å². The molecule has 10 nitrogen and oxygen atoms in total. The third kappa shape index (κ3) is 4.38. The quantitative estimate of drug-likeness (QED) is 0.239. The van der Waals surface area contributed by atoms with Gasteiger partial charge in [0.2, 0.25) is 0 Å². The first-order chi connectivity index (χ1) is 17.4. The molecule has 36 heavy (non-hydrogen) atoms. The summed E-state index contributed by atoms with van der Waals surface area (Å²) in [5.74, 6) is -0.466. The number of carbonyl (C=O) groups is 1. The van der Waals surface area contributed by atoms with Crippen LogP contribution in [-0.4, -0.2) is 49.9 Å². The molecular weight excluding hydrogens is 463 g/mol. The number of nitrogens with zero attached hydrogens (tertiary/aromatic N) is 4. The van der Waals surface area contributed by atoms with Crippen LogP contribution in [0.4, 0.5) is 10.1 Å². The minimum atomic E-state index is -0.526. The number of ether oxygens (including phenoxy) is 1. The number of halogens is 1. The number of imidazole rings is 1. The van der Waals surface area contributed by atoms with Crippen molar-refractivity contribution in [2.75, 3.05) is 18.9 Å². The maximum Gasteiger partial charge on any atom is 0.258 e. The zero-order chi connectivity index (χ0) is 25.2. The molecule has 0 fully saturated rings. The van der Waals surface area contributed by atoms with Gasteiger partial charge < -0.3 is 31.1 Å². The van der Waals surface area contributed by atoms with Crippen LogP contribution in [0.5, 0.6) is 5.75 Å². The second-order valence-electron chi connectivity index (χ2n) is 8.48. The van der Waals surface area contributed by atoms with E-state index >= 15 is 0 Å². The molecule has 3 aromatic rings. The molecule has 5 rings (SSSR count). The zero-order valence-corrected chi connectivity index (χ0v) is 19.5. The minimum Gasteiger partial charge on any atom is -0.489 e. The summed E-state index contributed by atoms with van der Waals surface area (Å²) >= 11 is 0. The number of nitrogen functional groups attached to an aromatic ring is 1. The van der Waals surface area contributed by atoms with Gasteiger partial charge in [0.05, 0.1) is 35.2 Å². The number of aromatic amines is 1. The van der Waals surface area contributed by atoms with E-state index in [1.807, 2.05) is 19.3 Å². The van der Waals surface area contributed by atoms with Crippen molar-refractivity contribution in [2.24, 2.45) is 7.05 Å².